The summed E-state index contributed by atoms with van der Waals surface area (Å²) in [6.07, 6.45) is 5.37. The molecule has 0 amide bonds. The summed E-state index contributed by atoms with van der Waals surface area (Å²) in [7, 11) is 6.88. The van der Waals surface area contributed by atoms with E-state index in [2.05, 4.69) is 100 Å². The van der Waals surface area contributed by atoms with Crippen LogP contribution in [0.4, 0.5) is 0 Å². The van der Waals surface area contributed by atoms with Crippen molar-refractivity contribution in [3.05, 3.63) is 261 Å². The summed E-state index contributed by atoms with van der Waals surface area (Å²) in [5.41, 5.74) is 12.1. The van der Waals surface area contributed by atoms with E-state index in [4.69, 9.17) is 75.8 Å². The number of hydrogen-bond acceptors (Lipinski definition) is 16. The van der Waals surface area contributed by atoms with Crippen LogP contribution < -0.4 is 75.8 Å². The quantitative estimate of drug-likeness (QED) is 0.142. The van der Waals surface area contributed by atoms with E-state index in [0.717, 1.165) is 66.8 Å². The number of benzene rings is 10. The molecule has 564 valence electrons. The maximum Gasteiger partial charge on any atom is 0.161 e. The fourth-order valence-corrected chi connectivity index (χ4v) is 15.0. The van der Waals surface area contributed by atoms with Gasteiger partial charge < -0.3 is 75.8 Å². The highest BCUT2D eigenvalue weighted by Gasteiger charge is 2.35. The molecule has 0 N–H and O–H groups in total. The monoisotopic (exact) mass is 1460 g/mol. The van der Waals surface area contributed by atoms with Crippen LogP contribution in [0.2, 0.25) is 0 Å². The van der Waals surface area contributed by atoms with Gasteiger partial charge in [0, 0.05) is 118 Å². The highest BCUT2D eigenvalue weighted by atomic mass is 16.6. The van der Waals surface area contributed by atoms with Gasteiger partial charge in [0.05, 0.1) is 54.9 Å². The number of fused-ring (bicyclic) bond motifs is 2. The van der Waals surface area contributed by atoms with E-state index in [-0.39, 0.29) is 76.5 Å². The van der Waals surface area contributed by atoms with Crippen molar-refractivity contribution in [2.24, 2.45) is 0 Å². The number of hydrogen-bond donors (Lipinski definition) is 0. The molecule has 8 heterocycles. The molecule has 1 aliphatic carbocycles. The van der Waals surface area contributed by atoms with Gasteiger partial charge in [-0.05, 0) is 121 Å². The Balaban J connectivity index is 0.972. The van der Waals surface area contributed by atoms with Crippen LogP contribution in [0, 0.1) is 0 Å². The minimum atomic E-state index is -0.331. The summed E-state index contributed by atoms with van der Waals surface area (Å²) < 4.78 is 107. The van der Waals surface area contributed by atoms with Gasteiger partial charge in [-0.15, -0.1) is 0 Å². The van der Waals surface area contributed by atoms with Crippen molar-refractivity contribution in [2.45, 2.75) is 103 Å². The van der Waals surface area contributed by atoms with Crippen molar-refractivity contribution in [3.8, 4) is 92.0 Å². The van der Waals surface area contributed by atoms with Crippen molar-refractivity contribution < 1.29 is 75.8 Å². The van der Waals surface area contributed by atoms with Gasteiger partial charge in [-0.1, -0.05) is 125 Å². The third-order valence-corrected chi connectivity index (χ3v) is 20.5. The maximum atomic E-state index is 7.10. The maximum absolute atomic E-state index is 7.10. The van der Waals surface area contributed by atoms with E-state index in [1.165, 1.54) is 0 Å². The number of ether oxygens (including phenoxy) is 16. The van der Waals surface area contributed by atoms with Crippen molar-refractivity contribution >= 4 is 0 Å². The summed E-state index contributed by atoms with van der Waals surface area (Å²) in [6, 6.07) is 65.6. The highest BCUT2D eigenvalue weighted by molar-refractivity contribution is 5.64. The smallest absolute Gasteiger partial charge is 0.161 e. The fourth-order valence-electron chi connectivity index (χ4n) is 15.0. The predicted octanol–water partition coefficient (Wildman–Crippen LogP) is 19.1. The molecule has 4 atom stereocenters. The molecule has 9 aliphatic rings. The van der Waals surface area contributed by atoms with Crippen LogP contribution in [0.1, 0.15) is 144 Å². The third-order valence-electron chi connectivity index (χ3n) is 20.5. The van der Waals surface area contributed by atoms with Gasteiger partial charge in [-0.25, -0.2) is 0 Å². The van der Waals surface area contributed by atoms with Gasteiger partial charge in [0.2, 0.25) is 0 Å². The number of para-hydroxylation sites is 8. The van der Waals surface area contributed by atoms with Gasteiger partial charge in [0.15, 0.2) is 46.0 Å². The van der Waals surface area contributed by atoms with Gasteiger partial charge >= 0.3 is 0 Å². The van der Waals surface area contributed by atoms with Crippen molar-refractivity contribution in [2.75, 3.05) is 108 Å². The van der Waals surface area contributed by atoms with E-state index in [9.17, 15) is 0 Å². The van der Waals surface area contributed by atoms with E-state index >= 15 is 0 Å². The Morgan fingerprint density at radius 1 is 0.213 bits per heavy atom. The molecule has 14 bridgehead atoms. The first kappa shape index (κ1) is 75.2. The molecule has 10 aromatic rings. The molecule has 10 aromatic carbocycles. The molecule has 0 saturated heterocycles. The number of methoxy groups -OCH3 is 4. The van der Waals surface area contributed by atoms with Crippen LogP contribution in [0.3, 0.4) is 0 Å². The second kappa shape index (κ2) is 37.0. The molecule has 19 rings (SSSR count). The average Bonchev–Trinajstić information content (AvgIpc) is 0.751. The van der Waals surface area contributed by atoms with Gasteiger partial charge in [0.25, 0.3) is 0 Å². The fraction of sp³-hybridized carbons (Fsp3) is 0.348. The first-order chi connectivity index (χ1) is 53.2. The van der Waals surface area contributed by atoms with Crippen LogP contribution in [0.25, 0.3) is 0 Å². The molecule has 0 radical (unpaired) electrons. The minimum Gasteiger partial charge on any atom is -0.496 e. The molecule has 16 heteroatoms. The highest BCUT2D eigenvalue weighted by Crippen LogP contribution is 2.53. The van der Waals surface area contributed by atoms with Crippen LogP contribution in [-0.2, 0) is 25.7 Å². The average molecular weight is 1460 g/mol. The normalized spacial score (nSPS) is 17.3. The zero-order valence-electron chi connectivity index (χ0n) is 63.5. The summed E-state index contributed by atoms with van der Waals surface area (Å²) in [4.78, 5) is 0. The second-order valence-corrected chi connectivity index (χ2v) is 27.0. The van der Waals surface area contributed by atoms with Crippen LogP contribution in [0.15, 0.2) is 194 Å². The molecule has 0 fully saturated rings. The van der Waals surface area contributed by atoms with Gasteiger partial charge in [-0.2, -0.15) is 0 Å². The second-order valence-electron chi connectivity index (χ2n) is 27.0. The van der Waals surface area contributed by atoms with Crippen molar-refractivity contribution in [1.82, 2.24) is 0 Å². The van der Waals surface area contributed by atoms with Crippen LogP contribution in [-0.4, -0.2) is 108 Å². The Kier molecular flexibility index (Phi) is 25.8. The molecule has 16 nitrogen and oxygen atoms in total. The molecular weight excluding hydrogens is 1360 g/mol. The van der Waals surface area contributed by atoms with Gasteiger partial charge in [-0.3, -0.25) is 0 Å². The Bertz CT molecular complexity index is 4190. The predicted molar refractivity (Wildman–Crippen MR) is 420 cm³/mol. The van der Waals surface area contributed by atoms with E-state index in [1.54, 1.807) is 28.4 Å². The zero-order chi connectivity index (χ0) is 74.6. The lowest BCUT2D eigenvalue weighted by molar-refractivity contribution is 0.204. The first-order valence-electron chi connectivity index (χ1n) is 38.1. The van der Waals surface area contributed by atoms with E-state index in [0.29, 0.717) is 170 Å². The lowest BCUT2D eigenvalue weighted by atomic mass is 9.77. The lowest BCUT2D eigenvalue weighted by Crippen LogP contribution is -2.17. The van der Waals surface area contributed by atoms with E-state index in [1.807, 2.05) is 121 Å². The molecule has 0 aromatic heterocycles. The minimum absolute atomic E-state index is 0.192. The summed E-state index contributed by atoms with van der Waals surface area (Å²) in [5.74, 6) is 8.84. The molecule has 8 aliphatic heterocycles. The Hall–Kier alpha value is -11.0. The van der Waals surface area contributed by atoms with Crippen LogP contribution in [0.5, 0.6) is 92.0 Å². The molecule has 0 saturated carbocycles. The Labute approximate surface area is 635 Å². The van der Waals surface area contributed by atoms with Gasteiger partial charge in [0.1, 0.15) is 98.9 Å². The molecular formula is C92H100O16. The molecule has 0 spiro atoms. The third kappa shape index (κ3) is 17.8. The zero-order valence-corrected chi connectivity index (χ0v) is 63.5. The molecule has 108 heavy (non-hydrogen) atoms. The topological polar surface area (TPSA) is 148 Å². The van der Waals surface area contributed by atoms with E-state index < -0.39 is 0 Å². The summed E-state index contributed by atoms with van der Waals surface area (Å²) >= 11 is 0. The largest absolute Gasteiger partial charge is 0.496 e. The molecule has 4 unspecified atom stereocenters. The number of rotatable bonds is 8. The van der Waals surface area contributed by atoms with Crippen LogP contribution >= 0.6 is 0 Å². The standard InChI is InChI=1S/C92H100O16/c1-9-65-69-53-75-68(12-4)72-56-74-66(10-2)70-54-76(92(58-86(70)94-6)108-52-48-104-84-28-20-16-24-80(84)100-44-40-64-35-31-62(32-36-64)38-42-98-78-22-14-18-26-82(78)102-46-50-106-90(74)60-88(72)96-8)67(11-3)71-55-73(65)89(59-87(71)95-7)105-49-45-101-81-25-17-13-21-77(81)97-41-37-61-29-33-63(34-30-61)39-43-99-79-23-15-19-27-83(79)103-47-51-107-91(75)57-85(69)93-5/h13-36,53-60,65-68H,9-12,37-52H2,1-8H3. The Morgan fingerprint density at radius 3 is 0.546 bits per heavy atom. The first-order valence-corrected chi connectivity index (χ1v) is 38.1. The van der Waals surface area contributed by atoms with Crippen molar-refractivity contribution in [3.63, 3.8) is 0 Å². The summed E-state index contributed by atoms with van der Waals surface area (Å²) in [6.45, 7) is 12.3. The lowest BCUT2D eigenvalue weighted by Gasteiger charge is -2.31. The SMILES string of the molecule is CCC1c2cc3c(cc2OC)OCCOc2ccccc2OCCc2ccc(cc2)CCOc2ccccc2OCCOc2cc(OC)c(cc21)C(CC)c1cc2c(OC)cc1OCCOc1ccccc1OCCc1ccc(cc1)CCOc1ccccc1OCCOc1cc(OC)c(cc1C2CC)C3CC. The summed E-state index contributed by atoms with van der Waals surface area (Å²) in [5, 5.41) is 0. The van der Waals surface area contributed by atoms with Crippen molar-refractivity contribution in [1.29, 1.82) is 0 Å². The Morgan fingerprint density at radius 2 is 0.380 bits per heavy atom.